The number of hydrogen-bond acceptors (Lipinski definition) is 4. The summed E-state index contributed by atoms with van der Waals surface area (Å²) < 4.78 is 0. The van der Waals surface area contributed by atoms with E-state index in [2.05, 4.69) is 16.0 Å². The first-order chi connectivity index (χ1) is 15.0. The van der Waals surface area contributed by atoms with Gasteiger partial charge in [-0.2, -0.15) is 0 Å². The van der Waals surface area contributed by atoms with E-state index in [0.717, 1.165) is 27.8 Å². The van der Waals surface area contributed by atoms with Crippen molar-refractivity contribution in [2.75, 3.05) is 6.54 Å². The van der Waals surface area contributed by atoms with Crippen molar-refractivity contribution in [3.05, 3.63) is 83.4 Å². The van der Waals surface area contributed by atoms with Crippen molar-refractivity contribution >= 4 is 11.9 Å². The van der Waals surface area contributed by atoms with Crippen LogP contribution in [0.25, 0.3) is 11.1 Å². The van der Waals surface area contributed by atoms with Crippen LogP contribution in [0.3, 0.4) is 0 Å². The highest BCUT2D eigenvalue weighted by Gasteiger charge is 2.16. The zero-order valence-corrected chi connectivity index (χ0v) is 17.9. The Morgan fingerprint density at radius 1 is 1.03 bits per heavy atom. The highest BCUT2D eigenvalue weighted by atomic mass is 16.4. The Morgan fingerprint density at radius 3 is 2.55 bits per heavy atom. The molecule has 0 aliphatic rings. The monoisotopic (exact) mass is 417 g/mol. The van der Waals surface area contributed by atoms with E-state index in [0.29, 0.717) is 31.5 Å². The van der Waals surface area contributed by atoms with Crippen LogP contribution in [-0.4, -0.2) is 38.4 Å². The molecule has 3 aromatic rings. The van der Waals surface area contributed by atoms with Gasteiger partial charge in [-0.1, -0.05) is 29.8 Å². The molecule has 3 rings (SSSR count). The molecule has 2 heterocycles. The normalized spacial score (nSPS) is 10.6. The van der Waals surface area contributed by atoms with Gasteiger partial charge in [0.1, 0.15) is 0 Å². The summed E-state index contributed by atoms with van der Waals surface area (Å²) in [6, 6.07) is 11.8. The SMILES string of the molecule is CCN(Cc1cc(C)ccc1-c1cncc(CC(=O)O)c1)C(=O)CCc1cccnc1. The molecule has 0 atom stereocenters. The summed E-state index contributed by atoms with van der Waals surface area (Å²) in [6.07, 6.45) is 7.84. The maximum Gasteiger partial charge on any atom is 0.307 e. The summed E-state index contributed by atoms with van der Waals surface area (Å²) in [4.78, 5) is 34.1. The van der Waals surface area contributed by atoms with Gasteiger partial charge in [0.2, 0.25) is 5.91 Å². The lowest BCUT2D eigenvalue weighted by Gasteiger charge is -2.23. The van der Waals surface area contributed by atoms with Gasteiger partial charge in [-0.25, -0.2) is 0 Å². The number of carboxylic acids is 1. The molecule has 0 fully saturated rings. The molecule has 160 valence electrons. The Balaban J connectivity index is 1.80. The van der Waals surface area contributed by atoms with Crippen LogP contribution in [-0.2, 0) is 29.0 Å². The van der Waals surface area contributed by atoms with Crippen LogP contribution >= 0.6 is 0 Å². The molecule has 1 N–H and O–H groups in total. The van der Waals surface area contributed by atoms with Gasteiger partial charge in [-0.15, -0.1) is 0 Å². The highest BCUT2D eigenvalue weighted by Crippen LogP contribution is 2.26. The van der Waals surface area contributed by atoms with Gasteiger partial charge in [0.25, 0.3) is 0 Å². The quantitative estimate of drug-likeness (QED) is 0.568. The van der Waals surface area contributed by atoms with Crippen LogP contribution in [0.5, 0.6) is 0 Å². The molecule has 0 aliphatic heterocycles. The van der Waals surface area contributed by atoms with Crippen molar-refractivity contribution in [1.82, 2.24) is 14.9 Å². The third-order valence-corrected chi connectivity index (χ3v) is 5.17. The second-order valence-corrected chi connectivity index (χ2v) is 7.58. The molecule has 0 radical (unpaired) electrons. The highest BCUT2D eigenvalue weighted by molar-refractivity contribution is 5.77. The van der Waals surface area contributed by atoms with E-state index < -0.39 is 5.97 Å². The van der Waals surface area contributed by atoms with Crippen LogP contribution < -0.4 is 0 Å². The average molecular weight is 418 g/mol. The second-order valence-electron chi connectivity index (χ2n) is 7.58. The first-order valence-corrected chi connectivity index (χ1v) is 10.4. The number of hydrogen-bond donors (Lipinski definition) is 1. The van der Waals surface area contributed by atoms with E-state index in [1.165, 1.54) is 0 Å². The zero-order chi connectivity index (χ0) is 22.2. The number of amides is 1. The summed E-state index contributed by atoms with van der Waals surface area (Å²) in [7, 11) is 0. The van der Waals surface area contributed by atoms with Gasteiger partial charge < -0.3 is 10.0 Å². The zero-order valence-electron chi connectivity index (χ0n) is 17.9. The number of benzene rings is 1. The molecule has 0 unspecified atom stereocenters. The molecule has 1 amide bonds. The van der Waals surface area contributed by atoms with E-state index in [1.807, 2.05) is 49.1 Å². The number of aryl methyl sites for hydroxylation is 2. The summed E-state index contributed by atoms with van der Waals surface area (Å²) in [5.41, 5.74) is 5.63. The number of aliphatic carboxylic acids is 1. The van der Waals surface area contributed by atoms with Gasteiger partial charge in [-0.05, 0) is 54.7 Å². The number of nitrogens with zero attached hydrogens (tertiary/aromatic N) is 3. The van der Waals surface area contributed by atoms with Crippen LogP contribution in [0.4, 0.5) is 0 Å². The van der Waals surface area contributed by atoms with E-state index in [1.54, 1.807) is 24.8 Å². The first kappa shape index (κ1) is 22.2. The predicted octanol–water partition coefficient (Wildman–Crippen LogP) is 4.06. The van der Waals surface area contributed by atoms with Crippen molar-refractivity contribution in [3.8, 4) is 11.1 Å². The van der Waals surface area contributed by atoms with Crippen molar-refractivity contribution in [3.63, 3.8) is 0 Å². The number of rotatable bonds is 9. The fourth-order valence-electron chi connectivity index (χ4n) is 3.58. The molecule has 31 heavy (non-hydrogen) atoms. The van der Waals surface area contributed by atoms with Crippen LogP contribution in [0.1, 0.15) is 35.6 Å². The van der Waals surface area contributed by atoms with Crippen LogP contribution in [0, 0.1) is 6.92 Å². The number of carboxylic acid groups (broad SMARTS) is 1. The molecule has 0 bridgehead atoms. The second kappa shape index (κ2) is 10.5. The molecular formula is C25H27N3O3. The molecular weight excluding hydrogens is 390 g/mol. The number of aromatic nitrogens is 2. The Hall–Kier alpha value is -3.54. The number of pyridine rings is 2. The Kier molecular flexibility index (Phi) is 7.49. The molecule has 1 aromatic carbocycles. The third kappa shape index (κ3) is 6.22. The van der Waals surface area contributed by atoms with Crippen molar-refractivity contribution in [2.24, 2.45) is 0 Å². The van der Waals surface area contributed by atoms with E-state index in [-0.39, 0.29) is 12.3 Å². The first-order valence-electron chi connectivity index (χ1n) is 10.4. The molecule has 6 nitrogen and oxygen atoms in total. The number of carbonyl (C=O) groups is 2. The van der Waals surface area contributed by atoms with Crippen molar-refractivity contribution < 1.29 is 14.7 Å². The topological polar surface area (TPSA) is 83.4 Å². The Labute approximate surface area is 182 Å². The lowest BCUT2D eigenvalue weighted by atomic mass is 9.97. The minimum Gasteiger partial charge on any atom is -0.481 e. The van der Waals surface area contributed by atoms with E-state index in [4.69, 9.17) is 5.11 Å². The van der Waals surface area contributed by atoms with Crippen LogP contribution in [0.2, 0.25) is 0 Å². The Morgan fingerprint density at radius 2 is 1.84 bits per heavy atom. The predicted molar refractivity (Wildman–Crippen MR) is 119 cm³/mol. The van der Waals surface area contributed by atoms with Gasteiger partial charge in [0, 0.05) is 49.9 Å². The minimum atomic E-state index is -0.889. The van der Waals surface area contributed by atoms with Gasteiger partial charge in [-0.3, -0.25) is 19.6 Å². The molecule has 0 saturated carbocycles. The van der Waals surface area contributed by atoms with E-state index in [9.17, 15) is 9.59 Å². The molecule has 2 aromatic heterocycles. The summed E-state index contributed by atoms with van der Waals surface area (Å²) >= 11 is 0. The molecule has 0 aliphatic carbocycles. The van der Waals surface area contributed by atoms with Gasteiger partial charge >= 0.3 is 5.97 Å². The largest absolute Gasteiger partial charge is 0.481 e. The maximum atomic E-state index is 12.9. The average Bonchev–Trinajstić information content (AvgIpc) is 2.76. The molecule has 6 heteroatoms. The maximum absolute atomic E-state index is 12.9. The van der Waals surface area contributed by atoms with Crippen molar-refractivity contribution in [1.29, 1.82) is 0 Å². The molecule has 0 spiro atoms. The lowest BCUT2D eigenvalue weighted by molar-refractivity contribution is -0.136. The lowest BCUT2D eigenvalue weighted by Crippen LogP contribution is -2.30. The summed E-state index contributed by atoms with van der Waals surface area (Å²) in [5, 5.41) is 9.09. The van der Waals surface area contributed by atoms with Gasteiger partial charge in [0.05, 0.1) is 6.42 Å². The van der Waals surface area contributed by atoms with Gasteiger partial charge in [0.15, 0.2) is 0 Å². The smallest absolute Gasteiger partial charge is 0.307 e. The van der Waals surface area contributed by atoms with Crippen molar-refractivity contribution in [2.45, 2.75) is 39.7 Å². The van der Waals surface area contributed by atoms with Crippen LogP contribution in [0.15, 0.2) is 61.2 Å². The molecule has 0 saturated heterocycles. The fraction of sp³-hybridized carbons (Fsp3) is 0.280. The summed E-state index contributed by atoms with van der Waals surface area (Å²) in [5.74, 6) is -0.795. The standard InChI is InChI=1S/C25H27N3O3/c1-3-28(24(29)9-7-19-5-4-10-26-14-19)17-22-11-18(2)6-8-23(22)21-12-20(13-25(30)31)15-27-16-21/h4-6,8,10-12,14-16H,3,7,9,13,17H2,1-2H3,(H,30,31). The Bertz CT molecular complexity index is 1050. The minimum absolute atomic E-state index is 0.0735. The van der Waals surface area contributed by atoms with E-state index >= 15 is 0 Å². The number of carbonyl (C=O) groups excluding carboxylic acids is 1. The summed E-state index contributed by atoms with van der Waals surface area (Å²) in [6.45, 7) is 5.10. The third-order valence-electron chi connectivity index (χ3n) is 5.17. The fourth-order valence-corrected chi connectivity index (χ4v) is 3.58.